The van der Waals surface area contributed by atoms with Crippen molar-refractivity contribution in [1.29, 1.82) is 0 Å². The first-order chi connectivity index (χ1) is 1.00. The molecule has 0 aliphatic rings. The second-order valence-corrected chi connectivity index (χ2v) is 0. The van der Waals surface area contributed by atoms with Crippen LogP contribution in [0.3, 0.4) is 0 Å². The number of hydrogen-bond acceptors (Lipinski definition) is 0. The summed E-state index contributed by atoms with van der Waals surface area (Å²) in [5.41, 5.74) is 0. The first-order valence-corrected chi connectivity index (χ1v) is 4.85. The summed E-state index contributed by atoms with van der Waals surface area (Å²) in [6.07, 6.45) is 0. The predicted molar refractivity (Wildman–Crippen MR) is 23.4 cm³/mol. The molecule has 0 aliphatic heterocycles. The molecule has 0 aromatic carbocycles. The Bertz CT molecular complexity index is 7.51. The summed E-state index contributed by atoms with van der Waals surface area (Å²) in [6.45, 7) is 0. The summed E-state index contributed by atoms with van der Waals surface area (Å²) in [4.78, 5) is 0. The van der Waals surface area contributed by atoms with Gasteiger partial charge in [-0.3, -0.25) is 0 Å². The summed E-state index contributed by atoms with van der Waals surface area (Å²) in [7, 11) is 0. The topological polar surface area (TPSA) is 126 Å². The van der Waals surface area contributed by atoms with Crippen molar-refractivity contribution in [3.8, 4) is 0 Å². The normalized spacial score (nSPS) is 1.17. The molecule has 6 heteroatoms. The van der Waals surface area contributed by atoms with Gasteiger partial charge in [0.1, 0.15) is 0 Å². The second kappa shape index (κ2) is 138. The van der Waals surface area contributed by atoms with E-state index in [9.17, 15) is 0 Å². The monoisotopic (exact) mass is 348 g/mol. The van der Waals surface area contributed by atoms with Crippen LogP contribution in [0.5, 0.6) is 0 Å². The van der Waals surface area contributed by atoms with Crippen LogP contribution >= 0.6 is 13.0 Å². The van der Waals surface area contributed by atoms with E-state index >= 15 is 0 Å². The molecule has 0 atom stereocenters. The maximum absolute atomic E-state index is 2.88. The van der Waals surface area contributed by atoms with E-state index in [0.29, 0.717) is 0 Å². The van der Waals surface area contributed by atoms with Gasteiger partial charge >= 0.3 is 32.0 Å². The van der Waals surface area contributed by atoms with Gasteiger partial charge in [0, 0.05) is 0 Å². The van der Waals surface area contributed by atoms with E-state index in [1.54, 1.807) is 0 Å². The third-order valence-electron chi connectivity index (χ3n) is 0. The molecule has 0 saturated carbocycles. The van der Waals surface area contributed by atoms with Crippen molar-refractivity contribution >= 4 is 13.0 Å². The molecule has 0 aliphatic carbocycles. The van der Waals surface area contributed by atoms with E-state index in [-0.39, 0.29) is 21.9 Å². The fraction of sp³-hybridized carbons (Fsp3) is 0. The molecular weight excluding hydrogens is 341 g/mol. The Hall–Kier alpha value is 1.06. The minimum absolute atomic E-state index is 0. The average Bonchev–Trinajstić information content (AvgIpc) is 1.00. The van der Waals surface area contributed by atoms with Crippen molar-refractivity contribution in [1.82, 2.24) is 0 Å². The fourth-order valence-electron chi connectivity index (χ4n) is 0. The number of hydrogen-bond donors (Lipinski definition) is 0. The average molecular weight is 349 g/mol. The minimum atomic E-state index is 0. The second-order valence-electron chi connectivity index (χ2n) is 0. The van der Waals surface area contributed by atoms with E-state index in [0.717, 1.165) is 0 Å². The molecule has 0 unspecified atom stereocenters. The van der Waals surface area contributed by atoms with Crippen molar-refractivity contribution < 1.29 is 40.8 Å². The van der Waals surface area contributed by atoms with Gasteiger partial charge in [0.15, 0.2) is 0 Å². The Labute approximate surface area is 54.0 Å². The van der Waals surface area contributed by atoms with E-state index < -0.39 is 0 Å². The Kier molecular flexibility index (Phi) is 1410. The van der Waals surface area contributed by atoms with Crippen LogP contribution in [0.15, 0.2) is 0 Å². The van der Waals surface area contributed by atoms with Crippen LogP contribution in [-0.2, 0) is 18.9 Å². The summed E-state index contributed by atoms with van der Waals surface area (Å²) >= 11 is 4.97. The SMILES string of the molecule is O.O.O.O.[Br][Au]. The van der Waals surface area contributed by atoms with Crippen molar-refractivity contribution in [2.45, 2.75) is 0 Å². The third kappa shape index (κ3) is 74.2. The van der Waals surface area contributed by atoms with E-state index in [2.05, 4.69) is 32.0 Å². The van der Waals surface area contributed by atoms with Gasteiger partial charge in [0.25, 0.3) is 0 Å². The van der Waals surface area contributed by atoms with E-state index in [4.69, 9.17) is 0 Å². The molecule has 0 aromatic rings. The Morgan fingerprint density at radius 1 is 0.667 bits per heavy atom. The van der Waals surface area contributed by atoms with E-state index in [1.807, 2.05) is 0 Å². The Morgan fingerprint density at radius 2 is 0.667 bits per heavy atom. The zero-order valence-corrected chi connectivity index (χ0v) is 6.43. The van der Waals surface area contributed by atoms with Gasteiger partial charge in [0.05, 0.1) is 0 Å². The summed E-state index contributed by atoms with van der Waals surface area (Å²) in [5, 5.41) is 0. The summed E-state index contributed by atoms with van der Waals surface area (Å²) < 4.78 is 0. The third-order valence-corrected chi connectivity index (χ3v) is 0. The molecule has 0 fully saturated rings. The molecule has 0 amide bonds. The van der Waals surface area contributed by atoms with Gasteiger partial charge in [-0.05, 0) is 0 Å². The molecule has 0 radical (unpaired) electrons. The van der Waals surface area contributed by atoms with Gasteiger partial charge in [0.2, 0.25) is 0 Å². The quantitative estimate of drug-likeness (QED) is 0.431. The van der Waals surface area contributed by atoms with Crippen molar-refractivity contribution in [2.75, 3.05) is 0 Å². The van der Waals surface area contributed by atoms with Gasteiger partial charge in [-0.25, -0.2) is 0 Å². The zero-order chi connectivity index (χ0) is 2.00. The Balaban J connectivity index is -0.000000000833. The van der Waals surface area contributed by atoms with Gasteiger partial charge < -0.3 is 21.9 Å². The van der Waals surface area contributed by atoms with Crippen LogP contribution in [0.1, 0.15) is 0 Å². The fourth-order valence-corrected chi connectivity index (χ4v) is 0. The zero-order valence-electron chi connectivity index (χ0n) is 2.68. The van der Waals surface area contributed by atoms with Crippen LogP contribution in [0, 0.1) is 0 Å². The van der Waals surface area contributed by atoms with Crippen LogP contribution in [0.4, 0.5) is 0 Å². The molecule has 0 aromatic heterocycles. The molecule has 8 N–H and O–H groups in total. The molecular formula is H8AuBrO4. The molecule has 0 heterocycles. The maximum atomic E-state index is 2.88. The van der Waals surface area contributed by atoms with Crippen LogP contribution in [0.2, 0.25) is 0 Å². The van der Waals surface area contributed by atoms with Crippen LogP contribution in [-0.4, -0.2) is 21.9 Å². The van der Waals surface area contributed by atoms with Crippen molar-refractivity contribution in [3.05, 3.63) is 0 Å². The van der Waals surface area contributed by atoms with Gasteiger partial charge in [-0.2, -0.15) is 0 Å². The molecule has 0 bridgehead atoms. The Morgan fingerprint density at radius 3 is 0.667 bits per heavy atom. The van der Waals surface area contributed by atoms with Crippen LogP contribution < -0.4 is 0 Å². The van der Waals surface area contributed by atoms with Crippen LogP contribution in [0.25, 0.3) is 0 Å². The molecule has 0 spiro atoms. The summed E-state index contributed by atoms with van der Waals surface area (Å²) in [6, 6.07) is 0. The van der Waals surface area contributed by atoms with Gasteiger partial charge in [-0.1, -0.05) is 0 Å². The molecule has 0 rings (SSSR count). The molecule has 50 valence electrons. The molecule has 4 nitrogen and oxygen atoms in total. The number of halogens is 1. The first-order valence-electron chi connectivity index (χ1n) is 0.114. The number of rotatable bonds is 0. The van der Waals surface area contributed by atoms with E-state index in [1.165, 1.54) is 0 Å². The summed E-state index contributed by atoms with van der Waals surface area (Å²) in [5.74, 6) is 0. The van der Waals surface area contributed by atoms with Gasteiger partial charge in [-0.15, -0.1) is 0 Å². The van der Waals surface area contributed by atoms with Crippen molar-refractivity contribution in [2.24, 2.45) is 0 Å². The molecule has 0 saturated heterocycles. The standard InChI is InChI=1S/Au.BrH.4H2O/h;1H;4*1H2/q+1;;;;;/p-1. The first kappa shape index (κ1) is 61.1. The molecule has 6 heavy (non-hydrogen) atoms. The van der Waals surface area contributed by atoms with Crippen molar-refractivity contribution in [3.63, 3.8) is 0 Å². The predicted octanol–water partition coefficient (Wildman–Crippen LogP) is -2.46.